The van der Waals surface area contributed by atoms with E-state index < -0.39 is 5.63 Å². The van der Waals surface area contributed by atoms with Gasteiger partial charge in [0.25, 0.3) is 0 Å². The number of aromatic nitrogens is 1. The molecule has 17 heavy (non-hydrogen) atoms. The Kier molecular flexibility index (Phi) is 3.35. The third-order valence-electron chi connectivity index (χ3n) is 2.25. The highest BCUT2D eigenvalue weighted by Crippen LogP contribution is 2.17. The SMILES string of the molecule is C=CCN=Cc1c(-c2ccccc2)[nH]oc1=O. The summed E-state index contributed by atoms with van der Waals surface area (Å²) < 4.78 is 4.78. The van der Waals surface area contributed by atoms with Gasteiger partial charge in [-0.05, 0) is 0 Å². The minimum Gasteiger partial charge on any atom is -0.338 e. The zero-order chi connectivity index (χ0) is 12.1. The largest absolute Gasteiger partial charge is 0.366 e. The molecule has 4 heteroatoms. The molecule has 0 atom stereocenters. The fourth-order valence-corrected chi connectivity index (χ4v) is 1.46. The molecule has 0 radical (unpaired) electrons. The molecule has 1 aromatic heterocycles. The summed E-state index contributed by atoms with van der Waals surface area (Å²) in [7, 11) is 0. The molecule has 0 bridgehead atoms. The third kappa shape index (κ3) is 2.42. The maximum atomic E-state index is 11.5. The van der Waals surface area contributed by atoms with Gasteiger partial charge in [-0.25, -0.2) is 9.95 Å². The lowest BCUT2D eigenvalue weighted by molar-refractivity contribution is 0.393. The second-order valence-electron chi connectivity index (χ2n) is 3.43. The number of H-pyrrole nitrogens is 1. The van der Waals surface area contributed by atoms with E-state index in [1.807, 2.05) is 30.3 Å². The molecule has 1 heterocycles. The Balaban J connectivity index is 2.43. The fraction of sp³-hybridized carbons (Fsp3) is 0.0769. The van der Waals surface area contributed by atoms with Gasteiger partial charge in [0, 0.05) is 11.8 Å². The van der Waals surface area contributed by atoms with E-state index in [-0.39, 0.29) is 0 Å². The van der Waals surface area contributed by atoms with Crippen molar-refractivity contribution in [1.82, 2.24) is 5.16 Å². The second kappa shape index (κ2) is 5.12. The lowest BCUT2D eigenvalue weighted by Crippen LogP contribution is -2.01. The first-order valence-corrected chi connectivity index (χ1v) is 5.20. The highest BCUT2D eigenvalue weighted by Gasteiger charge is 2.11. The Hall–Kier alpha value is -2.36. The first-order chi connectivity index (χ1) is 8.33. The van der Waals surface area contributed by atoms with E-state index in [0.29, 0.717) is 17.8 Å². The molecule has 0 aliphatic carbocycles. The van der Waals surface area contributed by atoms with Gasteiger partial charge < -0.3 is 4.52 Å². The van der Waals surface area contributed by atoms with Gasteiger partial charge in [-0.15, -0.1) is 6.58 Å². The zero-order valence-electron chi connectivity index (χ0n) is 9.22. The molecule has 0 aliphatic heterocycles. The van der Waals surface area contributed by atoms with Crippen molar-refractivity contribution in [1.29, 1.82) is 0 Å². The van der Waals surface area contributed by atoms with E-state index in [2.05, 4.69) is 16.7 Å². The molecule has 0 aliphatic rings. The fourth-order valence-electron chi connectivity index (χ4n) is 1.46. The summed E-state index contributed by atoms with van der Waals surface area (Å²) in [4.78, 5) is 15.5. The molecule has 86 valence electrons. The smallest absolute Gasteiger partial charge is 0.338 e. The molecule has 0 spiro atoms. The molecular formula is C13H12N2O2. The van der Waals surface area contributed by atoms with Gasteiger partial charge in [-0.2, -0.15) is 0 Å². The van der Waals surface area contributed by atoms with Crippen molar-refractivity contribution in [2.75, 3.05) is 6.54 Å². The minimum atomic E-state index is -0.420. The Morgan fingerprint density at radius 2 is 2.12 bits per heavy atom. The first kappa shape index (κ1) is 11.1. The van der Waals surface area contributed by atoms with Crippen LogP contribution in [0.1, 0.15) is 5.56 Å². The lowest BCUT2D eigenvalue weighted by Gasteiger charge is -1.96. The topological polar surface area (TPSA) is 58.4 Å². The van der Waals surface area contributed by atoms with E-state index in [4.69, 9.17) is 4.52 Å². The van der Waals surface area contributed by atoms with Crippen molar-refractivity contribution < 1.29 is 4.52 Å². The predicted molar refractivity (Wildman–Crippen MR) is 67.4 cm³/mol. The van der Waals surface area contributed by atoms with Crippen molar-refractivity contribution >= 4 is 6.21 Å². The Bertz CT molecular complexity index is 579. The molecule has 4 nitrogen and oxygen atoms in total. The van der Waals surface area contributed by atoms with Crippen LogP contribution in [0.5, 0.6) is 0 Å². The average molecular weight is 228 g/mol. The maximum absolute atomic E-state index is 11.5. The average Bonchev–Trinajstić information content (AvgIpc) is 2.73. The van der Waals surface area contributed by atoms with Crippen molar-refractivity contribution in [3.8, 4) is 11.3 Å². The predicted octanol–water partition coefficient (Wildman–Crippen LogP) is 2.24. The molecule has 2 rings (SSSR count). The quantitative estimate of drug-likeness (QED) is 0.644. The third-order valence-corrected chi connectivity index (χ3v) is 2.25. The number of rotatable bonds is 4. The van der Waals surface area contributed by atoms with Crippen LogP contribution < -0.4 is 5.63 Å². The minimum absolute atomic E-state index is 0.420. The van der Waals surface area contributed by atoms with Crippen molar-refractivity contribution in [2.45, 2.75) is 0 Å². The first-order valence-electron chi connectivity index (χ1n) is 5.20. The molecule has 0 unspecified atom stereocenters. The number of benzene rings is 1. The van der Waals surface area contributed by atoms with Gasteiger partial charge in [0.05, 0.1) is 12.2 Å². The molecular weight excluding hydrogens is 216 g/mol. The van der Waals surface area contributed by atoms with E-state index in [9.17, 15) is 4.79 Å². The van der Waals surface area contributed by atoms with E-state index in [1.54, 1.807) is 6.08 Å². The van der Waals surface area contributed by atoms with Crippen molar-refractivity contribution in [3.05, 3.63) is 59.0 Å². The van der Waals surface area contributed by atoms with Gasteiger partial charge in [0.15, 0.2) is 0 Å². The van der Waals surface area contributed by atoms with Crippen LogP contribution in [0.25, 0.3) is 11.3 Å². The summed E-state index contributed by atoms with van der Waals surface area (Å²) in [6.45, 7) is 4.03. The highest BCUT2D eigenvalue weighted by atomic mass is 16.5. The van der Waals surface area contributed by atoms with Crippen LogP contribution in [0.15, 0.2) is 57.3 Å². The Morgan fingerprint density at radius 3 is 2.82 bits per heavy atom. The van der Waals surface area contributed by atoms with Crippen LogP contribution >= 0.6 is 0 Å². The zero-order valence-corrected chi connectivity index (χ0v) is 9.22. The van der Waals surface area contributed by atoms with Crippen LogP contribution in [-0.4, -0.2) is 17.9 Å². The Morgan fingerprint density at radius 1 is 1.35 bits per heavy atom. The van der Waals surface area contributed by atoms with Crippen molar-refractivity contribution in [3.63, 3.8) is 0 Å². The van der Waals surface area contributed by atoms with Crippen LogP contribution in [0.3, 0.4) is 0 Å². The summed E-state index contributed by atoms with van der Waals surface area (Å²) >= 11 is 0. The van der Waals surface area contributed by atoms with Crippen LogP contribution in [-0.2, 0) is 0 Å². The number of aliphatic imine (C=N–C) groups is 1. The lowest BCUT2D eigenvalue weighted by atomic mass is 10.1. The standard InChI is InChI=1S/C13H12N2O2/c1-2-8-14-9-11-12(15-17-13(11)16)10-6-4-3-5-7-10/h2-7,9,15H,1,8H2. The molecule has 0 amide bonds. The van der Waals surface area contributed by atoms with Gasteiger partial charge in [0.2, 0.25) is 0 Å². The van der Waals surface area contributed by atoms with E-state index in [1.165, 1.54) is 6.21 Å². The molecule has 1 N–H and O–H groups in total. The summed E-state index contributed by atoms with van der Waals surface area (Å²) in [5.41, 5.74) is 1.54. The van der Waals surface area contributed by atoms with Crippen molar-refractivity contribution in [2.24, 2.45) is 4.99 Å². The van der Waals surface area contributed by atoms with E-state index in [0.717, 1.165) is 5.56 Å². The number of nitrogens with zero attached hydrogens (tertiary/aromatic N) is 1. The second-order valence-corrected chi connectivity index (χ2v) is 3.43. The monoisotopic (exact) mass is 228 g/mol. The van der Waals surface area contributed by atoms with Gasteiger partial charge in [0.1, 0.15) is 5.56 Å². The summed E-state index contributed by atoms with van der Waals surface area (Å²) in [5, 5.41) is 2.61. The van der Waals surface area contributed by atoms with Crippen LogP contribution in [0.2, 0.25) is 0 Å². The molecule has 1 aromatic carbocycles. The molecule has 0 fully saturated rings. The number of hydrogen-bond donors (Lipinski definition) is 1. The molecule has 0 saturated carbocycles. The van der Waals surface area contributed by atoms with Crippen LogP contribution in [0.4, 0.5) is 0 Å². The molecule has 0 saturated heterocycles. The summed E-state index contributed by atoms with van der Waals surface area (Å²) in [6.07, 6.45) is 3.17. The summed E-state index contributed by atoms with van der Waals surface area (Å²) in [5.74, 6) is 0. The maximum Gasteiger partial charge on any atom is 0.366 e. The van der Waals surface area contributed by atoms with Gasteiger partial charge in [-0.1, -0.05) is 36.4 Å². The Labute approximate surface area is 98.3 Å². The number of hydrogen-bond acceptors (Lipinski definition) is 3. The highest BCUT2D eigenvalue weighted by molar-refractivity contribution is 5.88. The molecule has 2 aromatic rings. The summed E-state index contributed by atoms with van der Waals surface area (Å²) in [6, 6.07) is 9.49. The number of nitrogens with one attached hydrogen (secondary N) is 1. The number of aromatic amines is 1. The van der Waals surface area contributed by atoms with Gasteiger partial charge >= 0.3 is 5.63 Å². The van der Waals surface area contributed by atoms with Crippen LogP contribution in [0, 0.1) is 0 Å². The van der Waals surface area contributed by atoms with E-state index >= 15 is 0 Å². The normalized spacial score (nSPS) is 10.8. The van der Waals surface area contributed by atoms with Gasteiger partial charge in [-0.3, -0.25) is 4.99 Å².